The molecule has 2 aromatic carbocycles. The fraction of sp³-hybridized carbons (Fsp3) is 0.464. The number of hydrogen-bond acceptors (Lipinski definition) is 5. The third-order valence-electron chi connectivity index (χ3n) is 7.75. The summed E-state index contributed by atoms with van der Waals surface area (Å²) in [6, 6.07) is 19.3. The van der Waals surface area contributed by atoms with Gasteiger partial charge in [-0.1, -0.05) is 48.5 Å². The molecule has 3 heterocycles. The maximum absolute atomic E-state index is 13.8. The maximum atomic E-state index is 13.8. The molecule has 190 valence electrons. The second-order valence-electron chi connectivity index (χ2n) is 10.3. The number of rotatable bonds is 5. The van der Waals surface area contributed by atoms with Gasteiger partial charge in [0.2, 0.25) is 17.7 Å². The van der Waals surface area contributed by atoms with Crippen LogP contribution in [0.3, 0.4) is 0 Å². The van der Waals surface area contributed by atoms with Crippen molar-refractivity contribution >= 4 is 23.4 Å². The average Bonchev–Trinajstić information content (AvgIpc) is 3.25. The van der Waals surface area contributed by atoms with Crippen LogP contribution in [0.25, 0.3) is 0 Å². The second-order valence-corrected chi connectivity index (χ2v) is 10.3. The highest BCUT2D eigenvalue weighted by Crippen LogP contribution is 2.33. The molecule has 0 aromatic heterocycles. The van der Waals surface area contributed by atoms with Gasteiger partial charge >= 0.3 is 0 Å². The minimum Gasteiger partial charge on any atom is -0.339 e. The number of carbonyl (C=O) groups is 3. The Kier molecular flexibility index (Phi) is 7.07. The molecule has 3 amide bonds. The van der Waals surface area contributed by atoms with Crippen LogP contribution in [0.5, 0.6) is 0 Å². The molecule has 0 radical (unpaired) electrons. The minimum atomic E-state index is -0.324. The van der Waals surface area contributed by atoms with E-state index >= 15 is 0 Å². The Morgan fingerprint density at radius 3 is 2.14 bits per heavy atom. The second kappa shape index (κ2) is 10.4. The van der Waals surface area contributed by atoms with Gasteiger partial charge < -0.3 is 9.80 Å². The third kappa shape index (κ3) is 4.88. The van der Waals surface area contributed by atoms with E-state index in [1.165, 1.54) is 0 Å². The van der Waals surface area contributed by atoms with E-state index in [9.17, 15) is 14.4 Å². The van der Waals surface area contributed by atoms with E-state index in [2.05, 4.69) is 24.2 Å². The Bertz CT molecular complexity index is 1080. The zero-order chi connectivity index (χ0) is 25.2. The van der Waals surface area contributed by atoms with Crippen molar-refractivity contribution in [3.8, 4) is 0 Å². The summed E-state index contributed by atoms with van der Waals surface area (Å²) in [6.07, 6.45) is 0.381. The van der Waals surface area contributed by atoms with E-state index in [1.54, 1.807) is 5.01 Å². The number of hydrogen-bond donors (Lipinski definition) is 1. The van der Waals surface area contributed by atoms with Gasteiger partial charge in [-0.3, -0.25) is 19.3 Å². The molecular formula is C28H35N5O3. The van der Waals surface area contributed by atoms with Crippen LogP contribution < -0.4 is 10.4 Å². The smallest absolute Gasteiger partial charge is 0.247 e. The van der Waals surface area contributed by atoms with E-state index in [4.69, 9.17) is 0 Å². The number of piperidine rings is 1. The predicted octanol–water partition coefficient (Wildman–Crippen LogP) is 1.78. The number of nitrogens with zero attached hydrogens (tertiary/aromatic N) is 4. The van der Waals surface area contributed by atoms with Gasteiger partial charge in [0.1, 0.15) is 0 Å². The molecule has 0 saturated carbocycles. The zero-order valence-corrected chi connectivity index (χ0v) is 21.0. The fourth-order valence-corrected chi connectivity index (χ4v) is 5.60. The lowest BCUT2D eigenvalue weighted by molar-refractivity contribution is -0.145. The van der Waals surface area contributed by atoms with Crippen LogP contribution >= 0.6 is 0 Å². The summed E-state index contributed by atoms with van der Waals surface area (Å²) >= 11 is 0. The number of likely N-dealkylation sites (tertiary alicyclic amines) is 1. The summed E-state index contributed by atoms with van der Waals surface area (Å²) < 4.78 is 0. The van der Waals surface area contributed by atoms with Crippen molar-refractivity contribution in [3.05, 3.63) is 66.2 Å². The number of amides is 3. The largest absolute Gasteiger partial charge is 0.339 e. The summed E-state index contributed by atoms with van der Waals surface area (Å²) in [5.74, 6) is -0.413. The first kappa shape index (κ1) is 24.5. The number of para-hydroxylation sites is 1. The van der Waals surface area contributed by atoms with Gasteiger partial charge in [0.25, 0.3) is 0 Å². The molecule has 8 nitrogen and oxygen atoms in total. The van der Waals surface area contributed by atoms with Crippen molar-refractivity contribution in [2.75, 3.05) is 44.3 Å². The van der Waals surface area contributed by atoms with E-state index in [1.807, 2.05) is 70.5 Å². The van der Waals surface area contributed by atoms with Crippen molar-refractivity contribution in [2.45, 2.75) is 32.4 Å². The van der Waals surface area contributed by atoms with Crippen LogP contribution in [0.15, 0.2) is 60.7 Å². The summed E-state index contributed by atoms with van der Waals surface area (Å²) in [5.41, 5.74) is 5.19. The third-order valence-corrected chi connectivity index (χ3v) is 7.75. The SMILES string of the molecule is CC(C)N1CC(C(=O)N2CCN(C(=O)Cc3ccccc3)CC2)C2NN(c3ccccc3)C(=O)C2C1. The van der Waals surface area contributed by atoms with Crippen LogP contribution in [0.1, 0.15) is 19.4 Å². The topological polar surface area (TPSA) is 76.2 Å². The summed E-state index contributed by atoms with van der Waals surface area (Å²) in [4.78, 5) is 46.0. The number of nitrogens with one attached hydrogen (secondary N) is 1. The van der Waals surface area contributed by atoms with Gasteiger partial charge in [-0.25, -0.2) is 10.4 Å². The Morgan fingerprint density at radius 2 is 1.50 bits per heavy atom. The number of hydrazine groups is 1. The Balaban J connectivity index is 1.26. The molecule has 36 heavy (non-hydrogen) atoms. The molecule has 3 aliphatic heterocycles. The molecule has 0 bridgehead atoms. The molecule has 2 aromatic rings. The molecule has 3 unspecified atom stereocenters. The molecule has 0 aliphatic carbocycles. The molecule has 3 atom stereocenters. The molecule has 1 N–H and O–H groups in total. The number of carbonyl (C=O) groups excluding carboxylic acids is 3. The van der Waals surface area contributed by atoms with Gasteiger partial charge in [-0.15, -0.1) is 0 Å². The van der Waals surface area contributed by atoms with Crippen LogP contribution in [0.4, 0.5) is 5.69 Å². The Morgan fingerprint density at radius 1 is 0.889 bits per heavy atom. The summed E-state index contributed by atoms with van der Waals surface area (Å²) in [5, 5.41) is 1.62. The van der Waals surface area contributed by atoms with Crippen LogP contribution in [-0.2, 0) is 20.8 Å². The Hall–Kier alpha value is -3.23. The molecule has 0 spiro atoms. The van der Waals surface area contributed by atoms with Crippen LogP contribution in [-0.4, -0.2) is 83.8 Å². The van der Waals surface area contributed by atoms with Crippen molar-refractivity contribution < 1.29 is 14.4 Å². The average molecular weight is 490 g/mol. The van der Waals surface area contributed by atoms with Crippen LogP contribution in [0, 0.1) is 11.8 Å². The highest BCUT2D eigenvalue weighted by atomic mass is 16.2. The minimum absolute atomic E-state index is 0.0191. The van der Waals surface area contributed by atoms with Gasteiger partial charge in [-0.05, 0) is 31.5 Å². The van der Waals surface area contributed by atoms with Crippen molar-refractivity contribution in [1.29, 1.82) is 0 Å². The Labute approximate surface area is 212 Å². The first-order chi connectivity index (χ1) is 17.4. The number of fused-ring (bicyclic) bond motifs is 1. The van der Waals surface area contributed by atoms with Gasteiger partial charge in [0.05, 0.1) is 30.0 Å². The molecular weight excluding hydrogens is 454 g/mol. The predicted molar refractivity (Wildman–Crippen MR) is 138 cm³/mol. The van der Waals surface area contributed by atoms with E-state index < -0.39 is 0 Å². The van der Waals surface area contributed by atoms with Gasteiger partial charge in [0.15, 0.2) is 0 Å². The lowest BCUT2D eigenvalue weighted by Crippen LogP contribution is -2.61. The highest BCUT2D eigenvalue weighted by Gasteiger charge is 2.52. The monoisotopic (exact) mass is 489 g/mol. The van der Waals surface area contributed by atoms with Crippen molar-refractivity contribution in [1.82, 2.24) is 20.1 Å². The molecule has 5 rings (SSSR count). The summed E-state index contributed by atoms with van der Waals surface area (Å²) in [6.45, 7) is 7.60. The normalized spacial score (nSPS) is 24.8. The molecule has 3 fully saturated rings. The molecule has 8 heteroatoms. The van der Waals surface area contributed by atoms with E-state index in [0.717, 1.165) is 11.3 Å². The highest BCUT2D eigenvalue weighted by molar-refractivity contribution is 5.98. The lowest BCUT2D eigenvalue weighted by Gasteiger charge is -2.43. The number of benzene rings is 2. The van der Waals surface area contributed by atoms with Crippen LogP contribution in [0.2, 0.25) is 0 Å². The summed E-state index contributed by atoms with van der Waals surface area (Å²) in [7, 11) is 0. The van der Waals surface area contributed by atoms with Crippen molar-refractivity contribution in [3.63, 3.8) is 0 Å². The number of piperazine rings is 1. The van der Waals surface area contributed by atoms with Gasteiger partial charge in [0, 0.05) is 45.3 Å². The standard InChI is InChI=1S/C28H35N5O3/c1-20(2)32-18-23(26-24(19-32)28(36)33(29-26)22-11-7-4-8-12-22)27(35)31-15-13-30(14-16-31)25(34)17-21-9-5-3-6-10-21/h3-12,20,23-24,26,29H,13-19H2,1-2H3. The zero-order valence-electron chi connectivity index (χ0n) is 21.0. The first-order valence-corrected chi connectivity index (χ1v) is 12.9. The quantitative estimate of drug-likeness (QED) is 0.693. The fourth-order valence-electron chi connectivity index (χ4n) is 5.60. The van der Waals surface area contributed by atoms with Crippen molar-refractivity contribution in [2.24, 2.45) is 11.8 Å². The van der Waals surface area contributed by atoms with E-state index in [-0.39, 0.29) is 41.6 Å². The molecule has 3 aliphatic rings. The van der Waals surface area contributed by atoms with E-state index in [0.29, 0.717) is 45.7 Å². The lowest BCUT2D eigenvalue weighted by atomic mass is 9.83. The van der Waals surface area contributed by atoms with Gasteiger partial charge in [-0.2, -0.15) is 0 Å². The maximum Gasteiger partial charge on any atom is 0.247 e. The first-order valence-electron chi connectivity index (χ1n) is 12.9. The molecule has 3 saturated heterocycles. The number of anilines is 1.